The summed E-state index contributed by atoms with van der Waals surface area (Å²) in [4.78, 5) is 14.2. The lowest BCUT2D eigenvalue weighted by Gasteiger charge is -2.36. The number of methoxy groups -OCH3 is 1. The summed E-state index contributed by atoms with van der Waals surface area (Å²) in [7, 11) is 3.86. The molecule has 1 aromatic carbocycles. The molecule has 0 saturated carbocycles. The molecular formula is C25H43N3O3. The van der Waals surface area contributed by atoms with Gasteiger partial charge in [-0.15, -0.1) is 0 Å². The molecule has 31 heavy (non-hydrogen) atoms. The highest BCUT2D eigenvalue weighted by molar-refractivity contribution is 5.76. The molecule has 2 aliphatic rings. The molecule has 3 rings (SSSR count). The van der Waals surface area contributed by atoms with Gasteiger partial charge >= 0.3 is 5.97 Å². The molecule has 2 heterocycles. The summed E-state index contributed by atoms with van der Waals surface area (Å²) in [6, 6.07) is 6.83. The van der Waals surface area contributed by atoms with E-state index in [1.54, 1.807) is 7.11 Å². The summed E-state index contributed by atoms with van der Waals surface area (Å²) >= 11 is 0. The molecule has 0 aromatic heterocycles. The number of hydrogen-bond acceptors (Lipinski definition) is 6. The first kappa shape index (κ1) is 25.6. The van der Waals surface area contributed by atoms with Gasteiger partial charge in [-0.2, -0.15) is 0 Å². The standard InChI is InChI=1S/C14H21NO3.C11H22N2/c1-14(2,3)18-13(16)12(15)9-10-5-7-11(17-4)8-6-10;1-13-8-4-11(5-9-13)10-2-6-12-7-3-10/h5-8,12H,9,15H2,1-4H3;10-12H,2-9H2,1H3. The lowest BCUT2D eigenvalue weighted by Crippen LogP contribution is -2.38. The zero-order chi connectivity index (χ0) is 22.9. The maximum absolute atomic E-state index is 11.7. The molecule has 0 spiro atoms. The predicted octanol–water partition coefficient (Wildman–Crippen LogP) is 3.23. The second kappa shape index (κ2) is 12.4. The van der Waals surface area contributed by atoms with E-state index in [9.17, 15) is 4.79 Å². The number of piperidine rings is 2. The second-order valence-electron chi connectivity index (χ2n) is 9.92. The van der Waals surface area contributed by atoms with Crippen LogP contribution >= 0.6 is 0 Å². The van der Waals surface area contributed by atoms with Gasteiger partial charge in [-0.3, -0.25) is 4.79 Å². The minimum absolute atomic E-state index is 0.377. The minimum atomic E-state index is -0.641. The molecular weight excluding hydrogens is 390 g/mol. The number of rotatable bonds is 5. The number of hydrogen-bond donors (Lipinski definition) is 2. The van der Waals surface area contributed by atoms with Crippen molar-refractivity contribution in [2.45, 2.75) is 64.5 Å². The van der Waals surface area contributed by atoms with Crippen LogP contribution in [-0.2, 0) is 16.0 Å². The van der Waals surface area contributed by atoms with Crippen molar-refractivity contribution in [1.29, 1.82) is 0 Å². The van der Waals surface area contributed by atoms with Gasteiger partial charge in [-0.1, -0.05) is 12.1 Å². The number of ether oxygens (including phenoxy) is 2. The summed E-state index contributed by atoms with van der Waals surface area (Å²) in [5.74, 6) is 2.48. The quantitative estimate of drug-likeness (QED) is 0.695. The fraction of sp³-hybridized carbons (Fsp3) is 0.720. The topological polar surface area (TPSA) is 76.8 Å². The van der Waals surface area contributed by atoms with E-state index in [-0.39, 0.29) is 5.97 Å². The lowest BCUT2D eigenvalue weighted by molar-refractivity contribution is -0.156. The van der Waals surface area contributed by atoms with Gasteiger partial charge in [0.05, 0.1) is 7.11 Å². The Bertz CT molecular complexity index is 643. The van der Waals surface area contributed by atoms with Crippen LogP contribution in [0.25, 0.3) is 0 Å². The number of carbonyl (C=O) groups is 1. The second-order valence-corrected chi connectivity index (χ2v) is 9.92. The van der Waals surface area contributed by atoms with Crippen molar-refractivity contribution >= 4 is 5.97 Å². The third-order valence-electron chi connectivity index (χ3n) is 6.14. The number of likely N-dealkylation sites (tertiary alicyclic amines) is 1. The smallest absolute Gasteiger partial charge is 0.323 e. The molecule has 2 fully saturated rings. The molecule has 6 heteroatoms. The van der Waals surface area contributed by atoms with E-state index < -0.39 is 11.6 Å². The third kappa shape index (κ3) is 9.58. The van der Waals surface area contributed by atoms with Crippen LogP contribution in [0.3, 0.4) is 0 Å². The van der Waals surface area contributed by atoms with E-state index in [1.807, 2.05) is 45.0 Å². The average molecular weight is 434 g/mol. The summed E-state index contributed by atoms with van der Waals surface area (Å²) in [5, 5.41) is 3.45. The van der Waals surface area contributed by atoms with Crippen LogP contribution in [0.5, 0.6) is 5.75 Å². The first-order valence-corrected chi connectivity index (χ1v) is 11.7. The Morgan fingerprint density at radius 1 is 1.10 bits per heavy atom. The van der Waals surface area contributed by atoms with Gasteiger partial charge in [0.15, 0.2) is 0 Å². The molecule has 0 radical (unpaired) electrons. The largest absolute Gasteiger partial charge is 0.497 e. The number of nitrogens with zero attached hydrogens (tertiary/aromatic N) is 1. The lowest BCUT2D eigenvalue weighted by atomic mass is 9.79. The SMILES string of the molecule is CN1CCC(C2CCNCC2)CC1.COc1ccc(CC(N)C(=O)OC(C)(C)C)cc1. The molecule has 0 amide bonds. The number of benzene rings is 1. The molecule has 1 aromatic rings. The van der Waals surface area contributed by atoms with Crippen LogP contribution in [0.4, 0.5) is 0 Å². The number of nitrogens with one attached hydrogen (secondary N) is 1. The van der Waals surface area contributed by atoms with Crippen LogP contribution in [0, 0.1) is 11.8 Å². The molecule has 0 aliphatic carbocycles. The van der Waals surface area contributed by atoms with Gasteiger partial charge < -0.3 is 25.4 Å². The van der Waals surface area contributed by atoms with Gasteiger partial charge in [0.2, 0.25) is 0 Å². The molecule has 3 N–H and O–H groups in total. The van der Waals surface area contributed by atoms with Gasteiger partial charge in [0.1, 0.15) is 17.4 Å². The Balaban J connectivity index is 0.000000231. The number of nitrogens with two attached hydrogens (primary N) is 1. The zero-order valence-corrected chi connectivity index (χ0v) is 20.2. The Morgan fingerprint density at radius 2 is 1.65 bits per heavy atom. The monoisotopic (exact) mass is 433 g/mol. The molecule has 1 atom stereocenters. The summed E-state index contributed by atoms with van der Waals surface area (Å²) in [6.45, 7) is 10.7. The zero-order valence-electron chi connectivity index (χ0n) is 20.2. The number of carbonyl (C=O) groups excluding carboxylic acids is 1. The number of esters is 1. The Kier molecular flexibility index (Phi) is 10.3. The van der Waals surface area contributed by atoms with Crippen molar-refractivity contribution in [2.24, 2.45) is 17.6 Å². The van der Waals surface area contributed by atoms with Gasteiger partial charge in [-0.05, 0) is 116 Å². The minimum Gasteiger partial charge on any atom is -0.497 e. The summed E-state index contributed by atoms with van der Waals surface area (Å²) in [5.41, 5.74) is 6.30. The highest BCUT2D eigenvalue weighted by Gasteiger charge is 2.26. The summed E-state index contributed by atoms with van der Waals surface area (Å²) < 4.78 is 10.3. The molecule has 1 unspecified atom stereocenters. The highest BCUT2D eigenvalue weighted by atomic mass is 16.6. The van der Waals surface area contributed by atoms with E-state index in [0.717, 1.165) is 23.1 Å². The van der Waals surface area contributed by atoms with Crippen molar-refractivity contribution in [2.75, 3.05) is 40.3 Å². The maximum Gasteiger partial charge on any atom is 0.323 e. The van der Waals surface area contributed by atoms with Crippen molar-refractivity contribution in [3.63, 3.8) is 0 Å². The van der Waals surface area contributed by atoms with Crippen LogP contribution in [0.2, 0.25) is 0 Å². The van der Waals surface area contributed by atoms with E-state index in [0.29, 0.717) is 6.42 Å². The van der Waals surface area contributed by atoms with Crippen molar-refractivity contribution in [1.82, 2.24) is 10.2 Å². The predicted molar refractivity (Wildman–Crippen MR) is 126 cm³/mol. The van der Waals surface area contributed by atoms with Crippen LogP contribution in [0.15, 0.2) is 24.3 Å². The van der Waals surface area contributed by atoms with Gasteiger partial charge in [-0.25, -0.2) is 0 Å². The first-order chi connectivity index (χ1) is 14.7. The molecule has 6 nitrogen and oxygen atoms in total. The van der Waals surface area contributed by atoms with E-state index in [1.165, 1.54) is 51.9 Å². The first-order valence-electron chi connectivity index (χ1n) is 11.7. The van der Waals surface area contributed by atoms with Crippen molar-refractivity contribution in [3.05, 3.63) is 29.8 Å². The average Bonchev–Trinajstić information content (AvgIpc) is 2.75. The molecule has 2 aliphatic heterocycles. The van der Waals surface area contributed by atoms with E-state index >= 15 is 0 Å². The normalized spacial score (nSPS) is 19.8. The fourth-order valence-corrected chi connectivity index (χ4v) is 4.29. The Morgan fingerprint density at radius 3 is 2.16 bits per heavy atom. The van der Waals surface area contributed by atoms with Gasteiger partial charge in [0, 0.05) is 0 Å². The van der Waals surface area contributed by atoms with Crippen LogP contribution in [-0.4, -0.2) is 62.8 Å². The van der Waals surface area contributed by atoms with Crippen LogP contribution < -0.4 is 15.8 Å². The molecule has 0 bridgehead atoms. The van der Waals surface area contributed by atoms with E-state index in [4.69, 9.17) is 15.2 Å². The van der Waals surface area contributed by atoms with Gasteiger partial charge in [0.25, 0.3) is 0 Å². The molecule has 2 saturated heterocycles. The summed E-state index contributed by atoms with van der Waals surface area (Å²) in [6.07, 6.45) is 6.20. The fourth-order valence-electron chi connectivity index (χ4n) is 4.29. The Labute approximate surface area is 188 Å². The van der Waals surface area contributed by atoms with Crippen molar-refractivity contribution < 1.29 is 14.3 Å². The van der Waals surface area contributed by atoms with Crippen molar-refractivity contribution in [3.8, 4) is 5.75 Å². The highest BCUT2D eigenvalue weighted by Crippen LogP contribution is 2.30. The van der Waals surface area contributed by atoms with Crippen LogP contribution in [0.1, 0.15) is 52.0 Å². The van der Waals surface area contributed by atoms with E-state index in [2.05, 4.69) is 17.3 Å². The third-order valence-corrected chi connectivity index (χ3v) is 6.14. The Hall–Kier alpha value is -1.63. The maximum atomic E-state index is 11.7. The molecule has 176 valence electrons.